The van der Waals surface area contributed by atoms with E-state index in [1.165, 1.54) is 0 Å². The second-order valence-electron chi connectivity index (χ2n) is 5.88. The Balaban J connectivity index is 1.84. The van der Waals surface area contributed by atoms with Crippen LogP contribution in [0.3, 0.4) is 0 Å². The molecule has 0 heterocycles. The summed E-state index contributed by atoms with van der Waals surface area (Å²) in [4.78, 5) is 12.1. The molecule has 2 rings (SSSR count). The molecule has 110 valence electrons. The lowest BCUT2D eigenvalue weighted by Gasteiger charge is -2.24. The van der Waals surface area contributed by atoms with Gasteiger partial charge < -0.3 is 16.2 Å². The largest absolute Gasteiger partial charge is 0.394 e. The van der Waals surface area contributed by atoms with Crippen LogP contribution in [0.2, 0.25) is 0 Å². The smallest absolute Gasteiger partial charge is 0.222 e. The Hall–Kier alpha value is -1.39. The first-order valence-corrected chi connectivity index (χ1v) is 7.34. The van der Waals surface area contributed by atoms with Crippen LogP contribution in [0, 0.1) is 0 Å². The fourth-order valence-corrected chi connectivity index (χ4v) is 2.91. The number of aliphatic hydroxyl groups is 1. The van der Waals surface area contributed by atoms with Gasteiger partial charge in [-0.05, 0) is 24.8 Å². The molecular formula is C16H24N2O2. The molecule has 0 saturated heterocycles. The maximum atomic E-state index is 12.1. The van der Waals surface area contributed by atoms with Crippen LogP contribution in [0.4, 0.5) is 0 Å². The maximum absolute atomic E-state index is 12.1. The van der Waals surface area contributed by atoms with Gasteiger partial charge >= 0.3 is 0 Å². The minimum atomic E-state index is -0.336. The van der Waals surface area contributed by atoms with E-state index in [4.69, 9.17) is 5.73 Å². The molecule has 0 unspecified atom stereocenters. The molecule has 1 aromatic carbocycles. The van der Waals surface area contributed by atoms with Gasteiger partial charge in [0.2, 0.25) is 5.91 Å². The van der Waals surface area contributed by atoms with Gasteiger partial charge in [-0.15, -0.1) is 0 Å². The molecule has 0 bridgehead atoms. The van der Waals surface area contributed by atoms with E-state index in [1.807, 2.05) is 30.3 Å². The summed E-state index contributed by atoms with van der Waals surface area (Å²) in [5.41, 5.74) is 6.98. The molecule has 0 radical (unpaired) electrons. The Morgan fingerprint density at radius 3 is 2.55 bits per heavy atom. The molecule has 1 aliphatic rings. The zero-order valence-corrected chi connectivity index (χ0v) is 11.8. The van der Waals surface area contributed by atoms with Crippen molar-refractivity contribution in [1.29, 1.82) is 0 Å². The van der Waals surface area contributed by atoms with Crippen molar-refractivity contribution in [3.8, 4) is 0 Å². The zero-order chi connectivity index (χ0) is 14.4. The number of carbonyl (C=O) groups excluding carboxylic acids is 1. The monoisotopic (exact) mass is 276 g/mol. The van der Waals surface area contributed by atoms with Crippen LogP contribution in [0.5, 0.6) is 0 Å². The lowest BCUT2D eigenvalue weighted by atomic mass is 9.94. The minimum Gasteiger partial charge on any atom is -0.394 e. The molecule has 0 aliphatic heterocycles. The standard InChI is InChI=1S/C16H24N2O2/c17-16(8-4-5-9-16)11-15(20)18-14(12-19)10-13-6-2-1-3-7-13/h1-3,6-7,14,19H,4-5,8-12,17H2,(H,18,20)/t14-/m1/s1. The van der Waals surface area contributed by atoms with Crippen molar-refractivity contribution in [3.63, 3.8) is 0 Å². The average Bonchev–Trinajstić information content (AvgIpc) is 2.85. The highest BCUT2D eigenvalue weighted by atomic mass is 16.3. The van der Waals surface area contributed by atoms with Gasteiger partial charge in [-0.1, -0.05) is 43.2 Å². The van der Waals surface area contributed by atoms with Crippen LogP contribution in [-0.4, -0.2) is 29.2 Å². The normalized spacial score (nSPS) is 18.7. The van der Waals surface area contributed by atoms with Gasteiger partial charge in [-0.3, -0.25) is 4.79 Å². The number of rotatable bonds is 6. The Bertz CT molecular complexity index is 427. The first-order chi connectivity index (χ1) is 9.61. The van der Waals surface area contributed by atoms with E-state index in [9.17, 15) is 9.90 Å². The van der Waals surface area contributed by atoms with Gasteiger partial charge in [0.05, 0.1) is 12.6 Å². The van der Waals surface area contributed by atoms with E-state index in [1.54, 1.807) is 0 Å². The quantitative estimate of drug-likeness (QED) is 0.734. The van der Waals surface area contributed by atoms with Crippen LogP contribution >= 0.6 is 0 Å². The Kier molecular flexibility index (Phi) is 5.15. The number of benzene rings is 1. The Morgan fingerprint density at radius 1 is 1.30 bits per heavy atom. The Labute approximate surface area is 120 Å². The van der Waals surface area contributed by atoms with Gasteiger partial charge in [-0.2, -0.15) is 0 Å². The van der Waals surface area contributed by atoms with E-state index in [2.05, 4.69) is 5.32 Å². The van der Waals surface area contributed by atoms with Crippen molar-refractivity contribution in [2.75, 3.05) is 6.61 Å². The lowest BCUT2D eigenvalue weighted by molar-refractivity contribution is -0.123. The van der Waals surface area contributed by atoms with Crippen molar-refractivity contribution < 1.29 is 9.90 Å². The van der Waals surface area contributed by atoms with E-state index in [-0.39, 0.29) is 24.1 Å². The predicted molar refractivity (Wildman–Crippen MR) is 79.2 cm³/mol. The van der Waals surface area contributed by atoms with Crippen molar-refractivity contribution in [3.05, 3.63) is 35.9 Å². The average molecular weight is 276 g/mol. The topological polar surface area (TPSA) is 75.4 Å². The van der Waals surface area contributed by atoms with E-state index in [0.29, 0.717) is 12.8 Å². The molecule has 1 aliphatic carbocycles. The van der Waals surface area contributed by atoms with Crippen LogP contribution in [0.25, 0.3) is 0 Å². The highest BCUT2D eigenvalue weighted by molar-refractivity contribution is 5.77. The van der Waals surface area contributed by atoms with Crippen LogP contribution in [-0.2, 0) is 11.2 Å². The summed E-state index contributed by atoms with van der Waals surface area (Å²) < 4.78 is 0. The highest BCUT2D eigenvalue weighted by Gasteiger charge is 2.32. The molecule has 4 N–H and O–H groups in total. The SMILES string of the molecule is NC1(CC(=O)N[C@@H](CO)Cc2ccccc2)CCCC1. The fourth-order valence-electron chi connectivity index (χ4n) is 2.91. The molecule has 1 fully saturated rings. The first kappa shape index (κ1) is 15.0. The summed E-state index contributed by atoms with van der Waals surface area (Å²) in [5, 5.41) is 12.3. The van der Waals surface area contributed by atoms with Gasteiger partial charge in [0.25, 0.3) is 0 Å². The summed E-state index contributed by atoms with van der Waals surface area (Å²) in [6, 6.07) is 9.62. The van der Waals surface area contributed by atoms with E-state index < -0.39 is 0 Å². The zero-order valence-electron chi connectivity index (χ0n) is 11.8. The van der Waals surface area contributed by atoms with Gasteiger partial charge in [0.15, 0.2) is 0 Å². The minimum absolute atomic E-state index is 0.0515. The second-order valence-corrected chi connectivity index (χ2v) is 5.88. The number of carbonyl (C=O) groups is 1. The number of nitrogens with one attached hydrogen (secondary N) is 1. The number of hydrogen-bond acceptors (Lipinski definition) is 3. The summed E-state index contributed by atoms with van der Waals surface area (Å²) in [7, 11) is 0. The second kappa shape index (κ2) is 6.86. The van der Waals surface area contributed by atoms with Crippen molar-refractivity contribution in [1.82, 2.24) is 5.32 Å². The molecule has 20 heavy (non-hydrogen) atoms. The molecule has 1 aromatic rings. The summed E-state index contributed by atoms with van der Waals surface area (Å²) >= 11 is 0. The van der Waals surface area contributed by atoms with E-state index in [0.717, 1.165) is 31.2 Å². The van der Waals surface area contributed by atoms with Crippen molar-refractivity contribution in [2.45, 2.75) is 50.1 Å². The van der Waals surface area contributed by atoms with Gasteiger partial charge in [0, 0.05) is 12.0 Å². The third kappa shape index (κ3) is 4.32. The van der Waals surface area contributed by atoms with E-state index >= 15 is 0 Å². The van der Waals surface area contributed by atoms with Crippen LogP contribution < -0.4 is 11.1 Å². The summed E-state index contributed by atoms with van der Waals surface area (Å²) in [6.45, 7) is -0.0573. The van der Waals surface area contributed by atoms with Crippen LogP contribution in [0.1, 0.15) is 37.7 Å². The van der Waals surface area contributed by atoms with Gasteiger partial charge in [0.1, 0.15) is 0 Å². The van der Waals surface area contributed by atoms with Gasteiger partial charge in [-0.25, -0.2) is 0 Å². The molecule has 4 heteroatoms. The third-order valence-corrected chi connectivity index (χ3v) is 4.02. The molecule has 0 spiro atoms. The number of nitrogens with two attached hydrogens (primary N) is 1. The fraction of sp³-hybridized carbons (Fsp3) is 0.562. The maximum Gasteiger partial charge on any atom is 0.222 e. The highest BCUT2D eigenvalue weighted by Crippen LogP contribution is 2.29. The van der Waals surface area contributed by atoms with Crippen LogP contribution in [0.15, 0.2) is 30.3 Å². The molecule has 0 aromatic heterocycles. The predicted octanol–water partition coefficient (Wildman–Crippen LogP) is 1.37. The summed E-state index contributed by atoms with van der Waals surface area (Å²) in [5.74, 6) is -0.0515. The first-order valence-electron chi connectivity index (χ1n) is 7.34. The molecule has 1 atom stereocenters. The third-order valence-electron chi connectivity index (χ3n) is 4.02. The van der Waals surface area contributed by atoms with Crippen molar-refractivity contribution >= 4 is 5.91 Å². The molecule has 4 nitrogen and oxygen atoms in total. The number of aliphatic hydroxyl groups excluding tert-OH is 1. The molecule has 1 amide bonds. The number of hydrogen-bond donors (Lipinski definition) is 3. The number of amides is 1. The molecular weight excluding hydrogens is 252 g/mol. The molecule has 1 saturated carbocycles. The van der Waals surface area contributed by atoms with Crippen molar-refractivity contribution in [2.24, 2.45) is 5.73 Å². The lowest BCUT2D eigenvalue weighted by Crippen LogP contribution is -2.46. The Morgan fingerprint density at radius 2 is 1.95 bits per heavy atom. The summed E-state index contributed by atoms with van der Waals surface area (Å²) in [6.07, 6.45) is 5.05.